The molecule has 0 spiro atoms. The van der Waals surface area contributed by atoms with E-state index >= 15 is 0 Å². The van der Waals surface area contributed by atoms with Crippen molar-refractivity contribution in [2.24, 2.45) is 5.92 Å². The third-order valence-corrected chi connectivity index (χ3v) is 3.27. The van der Waals surface area contributed by atoms with Crippen LogP contribution in [-0.4, -0.2) is 23.1 Å². The van der Waals surface area contributed by atoms with Gasteiger partial charge in [0.2, 0.25) is 5.95 Å². The van der Waals surface area contributed by atoms with E-state index in [1.165, 1.54) is 19.3 Å². The molecule has 1 aliphatic heterocycles. The van der Waals surface area contributed by atoms with Crippen LogP contribution in [-0.2, 0) is 0 Å². The smallest absolute Gasteiger partial charge is 0.223 e. The summed E-state index contributed by atoms with van der Waals surface area (Å²) in [5.74, 6) is 2.42. The van der Waals surface area contributed by atoms with Gasteiger partial charge in [0, 0.05) is 19.2 Å². The second-order valence-electron chi connectivity index (χ2n) is 4.35. The van der Waals surface area contributed by atoms with Gasteiger partial charge in [0.15, 0.2) is 0 Å². The Balaban J connectivity index is 2.08. The maximum atomic E-state index is 5.66. The summed E-state index contributed by atoms with van der Waals surface area (Å²) in [4.78, 5) is 10.3. The van der Waals surface area contributed by atoms with Crippen LogP contribution in [0.3, 0.4) is 0 Å². The number of nitrogens with two attached hydrogens (primary N) is 2. The zero-order valence-electron chi connectivity index (χ0n) is 9.69. The van der Waals surface area contributed by atoms with Crippen LogP contribution in [0.25, 0.3) is 0 Å². The molecule has 16 heavy (non-hydrogen) atoms. The van der Waals surface area contributed by atoms with Crippen LogP contribution >= 0.6 is 0 Å². The number of piperidine rings is 1. The summed E-state index contributed by atoms with van der Waals surface area (Å²) >= 11 is 0. The van der Waals surface area contributed by atoms with Crippen LogP contribution in [0.1, 0.15) is 26.2 Å². The molecule has 2 heterocycles. The summed E-state index contributed by atoms with van der Waals surface area (Å²) < 4.78 is 0. The Hall–Kier alpha value is -1.52. The lowest BCUT2D eigenvalue weighted by Gasteiger charge is -2.32. The van der Waals surface area contributed by atoms with Gasteiger partial charge in [-0.25, -0.2) is 0 Å². The molecular weight excluding hydrogens is 202 g/mol. The number of rotatable bonds is 2. The van der Waals surface area contributed by atoms with E-state index in [2.05, 4.69) is 21.8 Å². The maximum absolute atomic E-state index is 5.66. The molecule has 0 amide bonds. The first-order chi connectivity index (χ1) is 7.69. The molecule has 5 heteroatoms. The van der Waals surface area contributed by atoms with Gasteiger partial charge in [0.25, 0.3) is 0 Å². The SMILES string of the molecule is CCC1CCN(c2cc(N)nc(N)n2)CC1. The molecule has 1 aromatic rings. The second-order valence-corrected chi connectivity index (χ2v) is 4.35. The van der Waals surface area contributed by atoms with Crippen LogP contribution in [0.4, 0.5) is 17.6 Å². The second kappa shape index (κ2) is 4.55. The molecule has 5 nitrogen and oxygen atoms in total. The van der Waals surface area contributed by atoms with Gasteiger partial charge in [-0.15, -0.1) is 0 Å². The number of nitrogen functional groups attached to an aromatic ring is 2. The van der Waals surface area contributed by atoms with Crippen molar-refractivity contribution in [3.63, 3.8) is 0 Å². The molecule has 1 fully saturated rings. The maximum Gasteiger partial charge on any atom is 0.223 e. The molecule has 0 saturated carbocycles. The van der Waals surface area contributed by atoms with Gasteiger partial charge in [-0.3, -0.25) is 0 Å². The Morgan fingerprint density at radius 3 is 2.56 bits per heavy atom. The van der Waals surface area contributed by atoms with E-state index < -0.39 is 0 Å². The number of aromatic nitrogens is 2. The van der Waals surface area contributed by atoms with Gasteiger partial charge in [-0.1, -0.05) is 13.3 Å². The van der Waals surface area contributed by atoms with E-state index in [0.717, 1.165) is 24.8 Å². The molecule has 88 valence electrons. The lowest BCUT2D eigenvalue weighted by molar-refractivity contribution is 0.394. The minimum atomic E-state index is 0.257. The number of hydrogen-bond acceptors (Lipinski definition) is 5. The average molecular weight is 221 g/mol. The molecule has 4 N–H and O–H groups in total. The first-order valence-corrected chi connectivity index (χ1v) is 5.84. The monoisotopic (exact) mass is 221 g/mol. The Morgan fingerprint density at radius 2 is 2.00 bits per heavy atom. The standard InChI is InChI=1S/C11H19N5/c1-2-8-3-5-16(6-4-8)10-7-9(12)14-11(13)15-10/h7-8H,2-6H2,1H3,(H4,12,13,14,15). The highest BCUT2D eigenvalue weighted by atomic mass is 15.2. The molecule has 0 atom stereocenters. The average Bonchev–Trinajstić information content (AvgIpc) is 2.28. The lowest BCUT2D eigenvalue weighted by atomic mass is 9.94. The number of hydrogen-bond donors (Lipinski definition) is 2. The third kappa shape index (κ3) is 2.35. The van der Waals surface area contributed by atoms with Crippen LogP contribution < -0.4 is 16.4 Å². The first-order valence-electron chi connectivity index (χ1n) is 5.84. The number of anilines is 3. The van der Waals surface area contributed by atoms with Gasteiger partial charge < -0.3 is 16.4 Å². The van der Waals surface area contributed by atoms with E-state index in [4.69, 9.17) is 11.5 Å². The van der Waals surface area contributed by atoms with Gasteiger partial charge in [0.1, 0.15) is 11.6 Å². The molecule has 0 aromatic carbocycles. The van der Waals surface area contributed by atoms with Crippen molar-refractivity contribution in [2.75, 3.05) is 29.5 Å². The van der Waals surface area contributed by atoms with E-state index in [1.807, 2.05) is 0 Å². The fraction of sp³-hybridized carbons (Fsp3) is 0.636. The fourth-order valence-corrected chi connectivity index (χ4v) is 2.20. The number of nitrogens with zero attached hydrogens (tertiary/aromatic N) is 3. The van der Waals surface area contributed by atoms with Crippen LogP contribution in [0.5, 0.6) is 0 Å². The first kappa shape index (κ1) is 11.0. The highest BCUT2D eigenvalue weighted by Crippen LogP contribution is 2.24. The Labute approximate surface area is 95.9 Å². The van der Waals surface area contributed by atoms with Crippen molar-refractivity contribution in [1.29, 1.82) is 0 Å². The minimum absolute atomic E-state index is 0.257. The Morgan fingerprint density at radius 1 is 1.31 bits per heavy atom. The predicted octanol–water partition coefficient (Wildman–Crippen LogP) is 1.27. The quantitative estimate of drug-likeness (QED) is 0.786. The fourth-order valence-electron chi connectivity index (χ4n) is 2.20. The van der Waals surface area contributed by atoms with Gasteiger partial charge in [-0.2, -0.15) is 9.97 Å². The van der Waals surface area contributed by atoms with Crippen molar-refractivity contribution in [1.82, 2.24) is 9.97 Å². The van der Waals surface area contributed by atoms with Crippen molar-refractivity contribution in [3.8, 4) is 0 Å². The summed E-state index contributed by atoms with van der Waals surface area (Å²) in [7, 11) is 0. The minimum Gasteiger partial charge on any atom is -0.383 e. The van der Waals surface area contributed by atoms with E-state index in [9.17, 15) is 0 Å². The Bertz CT molecular complexity index is 337. The molecule has 0 radical (unpaired) electrons. The zero-order valence-corrected chi connectivity index (χ0v) is 9.69. The van der Waals surface area contributed by atoms with Gasteiger partial charge in [-0.05, 0) is 18.8 Å². The lowest BCUT2D eigenvalue weighted by Crippen LogP contribution is -2.34. The van der Waals surface area contributed by atoms with Crippen LogP contribution in [0.15, 0.2) is 6.07 Å². The highest BCUT2D eigenvalue weighted by Gasteiger charge is 2.19. The zero-order chi connectivity index (χ0) is 11.5. The molecule has 2 rings (SSSR count). The van der Waals surface area contributed by atoms with Gasteiger partial charge >= 0.3 is 0 Å². The Kier molecular flexibility index (Phi) is 3.12. The highest BCUT2D eigenvalue weighted by molar-refractivity contribution is 5.50. The molecule has 0 bridgehead atoms. The van der Waals surface area contributed by atoms with Crippen molar-refractivity contribution < 1.29 is 0 Å². The normalized spacial score (nSPS) is 17.7. The molecule has 1 aromatic heterocycles. The topological polar surface area (TPSA) is 81.1 Å². The summed E-state index contributed by atoms with van der Waals surface area (Å²) in [6.07, 6.45) is 3.71. The van der Waals surface area contributed by atoms with Crippen molar-refractivity contribution in [2.45, 2.75) is 26.2 Å². The third-order valence-electron chi connectivity index (χ3n) is 3.27. The summed E-state index contributed by atoms with van der Waals surface area (Å²) in [6, 6.07) is 1.79. The largest absolute Gasteiger partial charge is 0.383 e. The van der Waals surface area contributed by atoms with E-state index in [0.29, 0.717) is 5.82 Å². The molecule has 1 saturated heterocycles. The summed E-state index contributed by atoms with van der Waals surface area (Å²) in [5, 5.41) is 0. The van der Waals surface area contributed by atoms with Crippen molar-refractivity contribution in [3.05, 3.63) is 6.07 Å². The summed E-state index contributed by atoms with van der Waals surface area (Å²) in [5.41, 5.74) is 11.3. The molecule has 1 aliphatic rings. The predicted molar refractivity (Wildman–Crippen MR) is 66.1 cm³/mol. The molecular formula is C11H19N5. The molecule has 0 aliphatic carbocycles. The molecule has 0 unspecified atom stereocenters. The van der Waals surface area contributed by atoms with E-state index in [1.54, 1.807) is 6.07 Å². The van der Waals surface area contributed by atoms with E-state index in [-0.39, 0.29) is 5.95 Å². The summed E-state index contributed by atoms with van der Waals surface area (Å²) in [6.45, 7) is 4.32. The van der Waals surface area contributed by atoms with Crippen molar-refractivity contribution >= 4 is 17.6 Å². The van der Waals surface area contributed by atoms with Gasteiger partial charge in [0.05, 0.1) is 0 Å². The van der Waals surface area contributed by atoms with Crippen LogP contribution in [0.2, 0.25) is 0 Å². The van der Waals surface area contributed by atoms with Crippen LogP contribution in [0, 0.1) is 5.92 Å².